The molecule has 1 rings (SSSR count). The van der Waals surface area contributed by atoms with Crippen molar-refractivity contribution in [2.24, 2.45) is 0 Å². The van der Waals surface area contributed by atoms with E-state index in [1.54, 1.807) is 19.1 Å². The number of hydrogen-bond donors (Lipinski definition) is 2. The molecule has 19 heavy (non-hydrogen) atoms. The largest absolute Gasteiger partial charge is 0.450 e. The monoisotopic (exact) mass is 306 g/mol. The topological polar surface area (TPSA) is 84.5 Å². The number of nitrogens with one attached hydrogen (secondary N) is 2. The van der Waals surface area contributed by atoms with Crippen molar-refractivity contribution in [3.8, 4) is 0 Å². The first-order valence-electron chi connectivity index (χ1n) is 5.57. The molecule has 106 valence electrons. The van der Waals surface area contributed by atoms with E-state index in [-0.39, 0.29) is 18.2 Å². The number of carbonyl (C=O) groups excluding carboxylic acids is 1. The van der Waals surface area contributed by atoms with Gasteiger partial charge in [0, 0.05) is 17.3 Å². The maximum atomic E-state index is 11.5. The Morgan fingerprint density at radius 3 is 2.37 bits per heavy atom. The first-order valence-corrected chi connectivity index (χ1v) is 7.76. The third kappa shape index (κ3) is 5.80. The van der Waals surface area contributed by atoms with Crippen LogP contribution in [0.25, 0.3) is 0 Å². The van der Waals surface area contributed by atoms with Crippen molar-refractivity contribution in [2.45, 2.75) is 6.92 Å². The molecular formula is C11H15ClN2O4S. The number of alkyl halides is 1. The van der Waals surface area contributed by atoms with Gasteiger partial charge in [-0.3, -0.25) is 10.0 Å². The maximum absolute atomic E-state index is 11.5. The second-order valence-electron chi connectivity index (χ2n) is 3.53. The number of sulfonamides is 1. The van der Waals surface area contributed by atoms with Gasteiger partial charge in [-0.25, -0.2) is 13.2 Å². The Kier molecular flexibility index (Phi) is 5.91. The molecule has 2 N–H and O–H groups in total. The highest BCUT2D eigenvalue weighted by Crippen LogP contribution is 2.15. The van der Waals surface area contributed by atoms with Gasteiger partial charge in [0.15, 0.2) is 0 Å². The highest BCUT2D eigenvalue weighted by atomic mass is 35.5. The van der Waals surface area contributed by atoms with Gasteiger partial charge >= 0.3 is 6.09 Å². The summed E-state index contributed by atoms with van der Waals surface area (Å²) in [6.07, 6.45) is -0.557. The van der Waals surface area contributed by atoms with Gasteiger partial charge in [-0.15, -0.1) is 11.6 Å². The summed E-state index contributed by atoms with van der Waals surface area (Å²) in [5.74, 6) is -0.130. The van der Waals surface area contributed by atoms with Crippen LogP contribution < -0.4 is 10.0 Å². The van der Waals surface area contributed by atoms with E-state index in [2.05, 4.69) is 10.0 Å². The second kappa shape index (κ2) is 7.20. The minimum Gasteiger partial charge on any atom is -0.450 e. The number of rotatable bonds is 6. The lowest BCUT2D eigenvalue weighted by Crippen LogP contribution is -2.17. The minimum absolute atomic E-state index is 0.0256. The summed E-state index contributed by atoms with van der Waals surface area (Å²) in [5.41, 5.74) is 0.915. The van der Waals surface area contributed by atoms with Crippen molar-refractivity contribution in [3.63, 3.8) is 0 Å². The minimum atomic E-state index is -3.42. The molecule has 0 aromatic heterocycles. The van der Waals surface area contributed by atoms with E-state index in [0.29, 0.717) is 11.4 Å². The summed E-state index contributed by atoms with van der Waals surface area (Å²) in [6.45, 7) is 1.98. The third-order valence-electron chi connectivity index (χ3n) is 2.03. The third-order valence-corrected chi connectivity index (χ3v) is 3.73. The number of carbonyl (C=O) groups is 1. The Morgan fingerprint density at radius 1 is 1.26 bits per heavy atom. The molecular weight excluding hydrogens is 292 g/mol. The number of benzene rings is 1. The zero-order valence-electron chi connectivity index (χ0n) is 10.3. The normalized spacial score (nSPS) is 10.8. The molecule has 0 saturated carbocycles. The Morgan fingerprint density at radius 2 is 1.84 bits per heavy atom. The van der Waals surface area contributed by atoms with Gasteiger partial charge < -0.3 is 4.74 Å². The molecule has 8 heteroatoms. The quantitative estimate of drug-likeness (QED) is 0.789. The molecule has 0 aliphatic heterocycles. The lowest BCUT2D eigenvalue weighted by molar-refractivity contribution is 0.168. The molecule has 1 amide bonds. The van der Waals surface area contributed by atoms with Crippen LogP contribution in [-0.4, -0.2) is 32.8 Å². The van der Waals surface area contributed by atoms with E-state index in [0.717, 1.165) is 0 Å². The fraction of sp³-hybridized carbons (Fsp3) is 0.364. The van der Waals surface area contributed by atoms with Crippen molar-refractivity contribution < 1.29 is 17.9 Å². The molecule has 0 aliphatic rings. The molecule has 0 radical (unpaired) electrons. The van der Waals surface area contributed by atoms with E-state index in [1.807, 2.05) is 0 Å². The fourth-order valence-corrected chi connectivity index (χ4v) is 2.65. The van der Waals surface area contributed by atoms with Crippen molar-refractivity contribution in [2.75, 3.05) is 28.3 Å². The van der Waals surface area contributed by atoms with Gasteiger partial charge in [0.05, 0.1) is 12.4 Å². The van der Waals surface area contributed by atoms with Crippen LogP contribution in [0.5, 0.6) is 0 Å². The molecule has 0 bridgehead atoms. The van der Waals surface area contributed by atoms with Crippen molar-refractivity contribution in [1.82, 2.24) is 0 Å². The van der Waals surface area contributed by atoms with Crippen LogP contribution in [0, 0.1) is 0 Å². The maximum Gasteiger partial charge on any atom is 0.411 e. The van der Waals surface area contributed by atoms with Gasteiger partial charge in [-0.1, -0.05) is 0 Å². The molecule has 1 aromatic rings. The Balaban J connectivity index is 2.64. The lowest BCUT2D eigenvalue weighted by atomic mass is 10.3. The summed E-state index contributed by atoms with van der Waals surface area (Å²) in [7, 11) is -3.42. The van der Waals surface area contributed by atoms with Crippen molar-refractivity contribution >= 4 is 39.1 Å². The number of hydrogen-bond acceptors (Lipinski definition) is 4. The highest BCUT2D eigenvalue weighted by Gasteiger charge is 2.09. The van der Waals surface area contributed by atoms with Crippen LogP contribution >= 0.6 is 11.6 Å². The van der Waals surface area contributed by atoms with Crippen LogP contribution in [0.3, 0.4) is 0 Å². The smallest absolute Gasteiger partial charge is 0.411 e. The Bertz CT molecular complexity index is 516. The molecule has 0 fully saturated rings. The Labute approximate surface area is 117 Å². The first kappa shape index (κ1) is 15.6. The van der Waals surface area contributed by atoms with Gasteiger partial charge in [-0.05, 0) is 31.2 Å². The van der Waals surface area contributed by atoms with E-state index >= 15 is 0 Å². The number of halogens is 1. The predicted octanol–water partition coefficient (Wildman–Crippen LogP) is 2.24. The summed E-state index contributed by atoms with van der Waals surface area (Å²) >= 11 is 5.38. The van der Waals surface area contributed by atoms with Crippen LogP contribution in [-0.2, 0) is 14.8 Å². The van der Waals surface area contributed by atoms with Gasteiger partial charge in [-0.2, -0.15) is 0 Å². The summed E-state index contributed by atoms with van der Waals surface area (Å²) in [6, 6.07) is 6.20. The van der Waals surface area contributed by atoms with Gasteiger partial charge in [0.1, 0.15) is 0 Å². The molecule has 0 atom stereocenters. The van der Waals surface area contributed by atoms with E-state index in [1.165, 1.54) is 12.1 Å². The molecule has 0 saturated heterocycles. The van der Waals surface area contributed by atoms with Crippen molar-refractivity contribution in [3.05, 3.63) is 24.3 Å². The summed E-state index contributed by atoms with van der Waals surface area (Å²) < 4.78 is 30.0. The zero-order chi connectivity index (χ0) is 14.3. The van der Waals surface area contributed by atoms with E-state index in [4.69, 9.17) is 16.3 Å². The van der Waals surface area contributed by atoms with Crippen LogP contribution in [0.4, 0.5) is 16.2 Å². The van der Waals surface area contributed by atoms with Crippen molar-refractivity contribution in [1.29, 1.82) is 0 Å². The first-order chi connectivity index (χ1) is 8.96. The number of anilines is 2. The molecule has 0 unspecified atom stereocenters. The SMILES string of the molecule is CCOC(=O)Nc1ccc(NS(=O)(=O)CCCl)cc1. The highest BCUT2D eigenvalue weighted by molar-refractivity contribution is 7.92. The molecule has 0 heterocycles. The second-order valence-corrected chi connectivity index (χ2v) is 5.75. The Hall–Kier alpha value is -1.47. The van der Waals surface area contributed by atoms with Gasteiger partial charge in [0.2, 0.25) is 10.0 Å². The zero-order valence-corrected chi connectivity index (χ0v) is 11.9. The average Bonchev–Trinajstić information content (AvgIpc) is 2.31. The van der Waals surface area contributed by atoms with Crippen LogP contribution in [0.15, 0.2) is 24.3 Å². The average molecular weight is 307 g/mol. The standard InChI is InChI=1S/C11H15ClN2O4S/c1-2-18-11(15)13-9-3-5-10(6-4-9)14-19(16,17)8-7-12/h3-6,14H,2,7-8H2,1H3,(H,13,15). The van der Waals surface area contributed by atoms with E-state index < -0.39 is 16.1 Å². The lowest BCUT2D eigenvalue weighted by Gasteiger charge is -2.08. The molecule has 0 aliphatic carbocycles. The molecule has 6 nitrogen and oxygen atoms in total. The number of amides is 1. The van der Waals surface area contributed by atoms with Crippen LogP contribution in [0.1, 0.15) is 6.92 Å². The van der Waals surface area contributed by atoms with Gasteiger partial charge in [0.25, 0.3) is 0 Å². The van der Waals surface area contributed by atoms with Crippen LogP contribution in [0.2, 0.25) is 0 Å². The predicted molar refractivity (Wildman–Crippen MR) is 75.2 cm³/mol. The molecule has 0 spiro atoms. The summed E-state index contributed by atoms with van der Waals surface area (Å²) in [5, 5.41) is 2.50. The summed E-state index contributed by atoms with van der Waals surface area (Å²) in [4.78, 5) is 11.2. The number of ether oxygens (including phenoxy) is 1. The van der Waals surface area contributed by atoms with E-state index in [9.17, 15) is 13.2 Å². The fourth-order valence-electron chi connectivity index (χ4n) is 1.24. The molecule has 1 aromatic carbocycles.